The lowest BCUT2D eigenvalue weighted by atomic mass is 10.0. The molecule has 0 unspecified atom stereocenters. The predicted octanol–water partition coefficient (Wildman–Crippen LogP) is 4.52. The van der Waals surface area contributed by atoms with E-state index in [1.807, 2.05) is 6.92 Å². The van der Waals surface area contributed by atoms with Crippen molar-refractivity contribution < 1.29 is 8.42 Å². The van der Waals surface area contributed by atoms with Gasteiger partial charge in [0, 0.05) is 5.75 Å². The maximum atomic E-state index is 11.6. The molecule has 0 fully saturated rings. The Morgan fingerprint density at radius 2 is 1.39 bits per heavy atom. The number of allylic oxidation sites excluding steroid dienone is 1. The number of sulfone groups is 1. The lowest BCUT2D eigenvalue weighted by Gasteiger charge is -2.18. The first-order chi connectivity index (χ1) is 7.67. The minimum atomic E-state index is -2.96. The van der Waals surface area contributed by atoms with Gasteiger partial charge in [0.2, 0.25) is 0 Å². The van der Waals surface area contributed by atoms with Gasteiger partial charge in [-0.1, -0.05) is 34.3 Å². The van der Waals surface area contributed by atoms with E-state index in [4.69, 9.17) is 0 Å². The molecule has 0 N–H and O–H groups in total. The van der Waals surface area contributed by atoms with Crippen LogP contribution in [0.4, 0.5) is 0 Å². The normalized spacial score (nSPS) is 12.7. The molecular weight excluding hydrogens is 264 g/mol. The van der Waals surface area contributed by atoms with E-state index in [-0.39, 0.29) is 5.75 Å². The summed E-state index contributed by atoms with van der Waals surface area (Å²) in [5.41, 5.74) is 0.500. The molecule has 0 aromatic heterocycles. The molecule has 0 aliphatic heterocycles. The van der Waals surface area contributed by atoms with Crippen LogP contribution >= 0.6 is 11.8 Å². The van der Waals surface area contributed by atoms with Crippen molar-refractivity contribution in [3.8, 4) is 0 Å². The summed E-state index contributed by atoms with van der Waals surface area (Å²) in [6, 6.07) is 0. The zero-order valence-corrected chi connectivity index (χ0v) is 14.9. The molecule has 2 nitrogen and oxygen atoms in total. The quantitative estimate of drug-likeness (QED) is 0.764. The van der Waals surface area contributed by atoms with Crippen LogP contribution in [0.1, 0.15) is 55.4 Å². The highest BCUT2D eigenvalue weighted by molar-refractivity contribution is 8.04. The van der Waals surface area contributed by atoms with Crippen LogP contribution in [0.15, 0.2) is 11.5 Å². The van der Waals surface area contributed by atoms with Gasteiger partial charge in [-0.15, -0.1) is 11.8 Å². The Balaban J connectivity index is 0. The van der Waals surface area contributed by atoms with Gasteiger partial charge >= 0.3 is 0 Å². The van der Waals surface area contributed by atoms with E-state index >= 15 is 0 Å². The number of thioether (sulfide) groups is 1. The fourth-order valence-electron chi connectivity index (χ4n) is 0.632. The monoisotopic (exact) mass is 294 g/mol. The summed E-state index contributed by atoms with van der Waals surface area (Å²) in [6.45, 7) is 19.5. The van der Waals surface area contributed by atoms with Crippen LogP contribution in [0.2, 0.25) is 0 Å². The number of hydrogen-bond donors (Lipinski definition) is 0. The van der Waals surface area contributed by atoms with Crippen molar-refractivity contribution in [1.29, 1.82) is 0 Å². The maximum absolute atomic E-state index is 11.6. The topological polar surface area (TPSA) is 34.1 Å². The molecule has 0 aliphatic carbocycles. The highest BCUT2D eigenvalue weighted by atomic mass is 32.2. The third-order valence-electron chi connectivity index (χ3n) is 1.63. The second-order valence-electron chi connectivity index (χ2n) is 6.98. The molecule has 110 valence electrons. The van der Waals surface area contributed by atoms with Crippen molar-refractivity contribution in [3.63, 3.8) is 0 Å². The lowest BCUT2D eigenvalue weighted by molar-refractivity contribution is 0.469. The summed E-state index contributed by atoms with van der Waals surface area (Å²) in [4.78, 5) is 0.962. The largest absolute Gasteiger partial charge is 0.228 e. The smallest absolute Gasteiger partial charge is 0.156 e. The summed E-state index contributed by atoms with van der Waals surface area (Å²) in [5.74, 6) is 0.836. The standard InChI is InChI=1S/C9H18O2S2.C5H12/c1-8(2)12-6-7-13(10,11)9(3,4)5;1-5(2,3)4/h1,6-7H2,2-5H3;1-4H3. The summed E-state index contributed by atoms with van der Waals surface area (Å²) in [5, 5.41) is 0. The fraction of sp³-hybridized carbons (Fsp3) is 0.857. The minimum Gasteiger partial charge on any atom is -0.228 e. The molecule has 0 radical (unpaired) electrons. The molecule has 0 saturated carbocycles. The van der Waals surface area contributed by atoms with Crippen LogP contribution in [-0.4, -0.2) is 24.7 Å². The van der Waals surface area contributed by atoms with Crippen molar-refractivity contribution in [2.75, 3.05) is 11.5 Å². The van der Waals surface area contributed by atoms with E-state index in [0.717, 1.165) is 4.91 Å². The zero-order chi connectivity index (χ0) is 15.2. The first kappa shape index (κ1) is 20.4. The average molecular weight is 295 g/mol. The van der Waals surface area contributed by atoms with Crippen LogP contribution in [0, 0.1) is 5.41 Å². The second kappa shape index (κ2) is 7.59. The van der Waals surface area contributed by atoms with Crippen LogP contribution in [0.3, 0.4) is 0 Å². The van der Waals surface area contributed by atoms with Gasteiger partial charge in [-0.2, -0.15) is 0 Å². The zero-order valence-electron chi connectivity index (χ0n) is 13.3. The maximum Gasteiger partial charge on any atom is 0.156 e. The van der Waals surface area contributed by atoms with E-state index in [0.29, 0.717) is 11.2 Å². The van der Waals surface area contributed by atoms with Gasteiger partial charge in [-0.05, 0) is 38.0 Å². The first-order valence-corrected chi connectivity index (χ1v) is 8.81. The molecule has 0 aromatic rings. The van der Waals surface area contributed by atoms with E-state index in [1.165, 1.54) is 11.8 Å². The Bertz CT molecular complexity index is 335. The summed E-state index contributed by atoms with van der Waals surface area (Å²) in [7, 11) is -2.96. The Morgan fingerprint density at radius 1 is 1.06 bits per heavy atom. The molecule has 0 amide bonds. The second-order valence-corrected chi connectivity index (χ2v) is 11.2. The molecule has 18 heavy (non-hydrogen) atoms. The molecule has 0 aromatic carbocycles. The lowest BCUT2D eigenvalue weighted by Crippen LogP contribution is -2.31. The molecule has 0 saturated heterocycles. The van der Waals surface area contributed by atoms with E-state index in [2.05, 4.69) is 34.3 Å². The van der Waals surface area contributed by atoms with Gasteiger partial charge in [0.25, 0.3) is 0 Å². The van der Waals surface area contributed by atoms with Gasteiger partial charge < -0.3 is 0 Å². The van der Waals surface area contributed by atoms with Gasteiger partial charge in [0.05, 0.1) is 10.5 Å². The van der Waals surface area contributed by atoms with Crippen LogP contribution < -0.4 is 0 Å². The average Bonchev–Trinajstić information content (AvgIpc) is 1.96. The van der Waals surface area contributed by atoms with Crippen LogP contribution in [-0.2, 0) is 9.84 Å². The summed E-state index contributed by atoms with van der Waals surface area (Å²) >= 11 is 1.50. The summed E-state index contributed by atoms with van der Waals surface area (Å²) in [6.07, 6.45) is 0. The Hall–Kier alpha value is 0.0400. The highest BCUT2D eigenvalue weighted by Crippen LogP contribution is 2.19. The van der Waals surface area contributed by atoms with Crippen molar-refractivity contribution in [3.05, 3.63) is 11.5 Å². The van der Waals surface area contributed by atoms with Crippen molar-refractivity contribution in [2.24, 2.45) is 5.41 Å². The molecular formula is C14H30O2S2. The van der Waals surface area contributed by atoms with E-state index in [1.54, 1.807) is 20.8 Å². The Labute approximate surface area is 119 Å². The van der Waals surface area contributed by atoms with Gasteiger partial charge in [0.15, 0.2) is 9.84 Å². The Kier molecular flexibility index (Phi) is 8.58. The number of rotatable bonds is 4. The Morgan fingerprint density at radius 3 is 1.61 bits per heavy atom. The molecule has 0 heterocycles. The van der Waals surface area contributed by atoms with Crippen LogP contribution in [0.25, 0.3) is 0 Å². The predicted molar refractivity (Wildman–Crippen MR) is 85.9 cm³/mol. The minimum absolute atomic E-state index is 0.230. The molecule has 0 bridgehead atoms. The highest BCUT2D eigenvalue weighted by Gasteiger charge is 2.28. The van der Waals surface area contributed by atoms with E-state index < -0.39 is 14.6 Å². The third kappa shape index (κ3) is 14.1. The first-order valence-electron chi connectivity index (χ1n) is 6.17. The van der Waals surface area contributed by atoms with Crippen molar-refractivity contribution in [2.45, 2.75) is 60.1 Å². The van der Waals surface area contributed by atoms with Gasteiger partial charge in [-0.3, -0.25) is 0 Å². The van der Waals surface area contributed by atoms with Gasteiger partial charge in [-0.25, -0.2) is 8.42 Å². The van der Waals surface area contributed by atoms with E-state index in [9.17, 15) is 8.42 Å². The fourth-order valence-corrected chi connectivity index (χ4v) is 2.80. The molecule has 0 atom stereocenters. The van der Waals surface area contributed by atoms with Gasteiger partial charge in [0.1, 0.15) is 0 Å². The molecule has 0 aliphatic rings. The summed E-state index contributed by atoms with van der Waals surface area (Å²) < 4.78 is 22.5. The number of hydrogen-bond acceptors (Lipinski definition) is 3. The van der Waals surface area contributed by atoms with Crippen molar-refractivity contribution >= 4 is 21.6 Å². The molecule has 0 spiro atoms. The van der Waals surface area contributed by atoms with Crippen molar-refractivity contribution in [1.82, 2.24) is 0 Å². The van der Waals surface area contributed by atoms with Crippen LogP contribution in [0.5, 0.6) is 0 Å². The molecule has 0 rings (SSSR count). The molecule has 4 heteroatoms. The third-order valence-corrected chi connectivity index (χ3v) is 5.40. The SMILES string of the molecule is C=C(C)SCCS(=O)(=O)C(C)(C)C.CC(C)(C)C.